The molecule has 2 N–H and O–H groups in total. The van der Waals surface area contributed by atoms with Gasteiger partial charge < -0.3 is 5.32 Å². The van der Waals surface area contributed by atoms with Gasteiger partial charge in [-0.2, -0.15) is 11.8 Å². The molecule has 0 amide bonds. The van der Waals surface area contributed by atoms with Crippen LogP contribution in [0.25, 0.3) is 0 Å². The van der Waals surface area contributed by atoms with E-state index in [1.165, 1.54) is 5.56 Å². The molecule has 0 spiro atoms. The van der Waals surface area contributed by atoms with Crippen LogP contribution in [-0.4, -0.2) is 33.5 Å². The molecule has 106 valence electrons. The average Bonchev–Trinajstić information content (AvgIpc) is 2.43. The van der Waals surface area contributed by atoms with Crippen LogP contribution >= 0.6 is 11.8 Å². The molecule has 0 unspecified atom stereocenters. The molecule has 0 aromatic heterocycles. The molecule has 0 saturated carbocycles. The van der Waals surface area contributed by atoms with Gasteiger partial charge in [-0.25, -0.2) is 13.1 Å². The minimum absolute atomic E-state index is 0.352. The lowest BCUT2D eigenvalue weighted by Gasteiger charge is -2.18. The van der Waals surface area contributed by atoms with Gasteiger partial charge >= 0.3 is 0 Å². The molecule has 2 rings (SSSR count). The lowest BCUT2D eigenvalue weighted by Crippen LogP contribution is -2.25. The van der Waals surface area contributed by atoms with Gasteiger partial charge in [-0.05, 0) is 49.0 Å². The van der Waals surface area contributed by atoms with Crippen LogP contribution in [0.1, 0.15) is 18.4 Å². The van der Waals surface area contributed by atoms with E-state index in [1.54, 1.807) is 23.9 Å². The van der Waals surface area contributed by atoms with Gasteiger partial charge in [-0.15, -0.1) is 0 Å². The SMILES string of the molecule is CSCCCNS(=O)(=O)c1ccc2c(c1)NCCC2. The van der Waals surface area contributed by atoms with Crippen LogP contribution < -0.4 is 10.0 Å². The average molecular weight is 300 g/mol. The molecule has 1 aromatic rings. The fourth-order valence-electron chi connectivity index (χ4n) is 2.11. The molecule has 0 radical (unpaired) electrons. The predicted octanol–water partition coefficient (Wildman–Crippen LogP) is 2.08. The Kier molecular flexibility index (Phi) is 5.13. The number of anilines is 1. The van der Waals surface area contributed by atoms with Gasteiger partial charge in [-0.3, -0.25) is 0 Å². The minimum Gasteiger partial charge on any atom is -0.385 e. The smallest absolute Gasteiger partial charge is 0.240 e. The number of rotatable bonds is 6. The van der Waals surface area contributed by atoms with Gasteiger partial charge in [0.25, 0.3) is 0 Å². The van der Waals surface area contributed by atoms with Gasteiger partial charge in [0.1, 0.15) is 0 Å². The summed E-state index contributed by atoms with van der Waals surface area (Å²) in [4.78, 5) is 0.352. The molecule has 0 saturated heterocycles. The molecule has 1 aromatic carbocycles. The first-order valence-corrected chi connectivity index (χ1v) is 9.36. The monoisotopic (exact) mass is 300 g/mol. The zero-order chi connectivity index (χ0) is 13.7. The molecule has 4 nitrogen and oxygen atoms in total. The van der Waals surface area contributed by atoms with Crippen LogP contribution in [0.2, 0.25) is 0 Å². The molecule has 19 heavy (non-hydrogen) atoms. The molecular formula is C13H20N2O2S2. The highest BCUT2D eigenvalue weighted by Gasteiger charge is 2.16. The Labute approximate surface area is 119 Å². The van der Waals surface area contributed by atoms with E-state index < -0.39 is 10.0 Å². The van der Waals surface area contributed by atoms with Crippen molar-refractivity contribution in [1.29, 1.82) is 0 Å². The van der Waals surface area contributed by atoms with E-state index in [-0.39, 0.29) is 0 Å². The highest BCUT2D eigenvalue weighted by molar-refractivity contribution is 7.98. The fourth-order valence-corrected chi connectivity index (χ4v) is 3.65. The summed E-state index contributed by atoms with van der Waals surface area (Å²) in [6.07, 6.45) is 4.99. The Bertz CT molecular complexity index is 529. The first-order valence-electron chi connectivity index (χ1n) is 6.49. The molecule has 1 aliphatic rings. The lowest BCUT2D eigenvalue weighted by molar-refractivity contribution is 0.581. The zero-order valence-corrected chi connectivity index (χ0v) is 12.7. The lowest BCUT2D eigenvalue weighted by atomic mass is 10.0. The summed E-state index contributed by atoms with van der Waals surface area (Å²) in [5, 5.41) is 3.26. The quantitative estimate of drug-likeness (QED) is 0.790. The molecule has 0 atom stereocenters. The molecule has 1 aliphatic heterocycles. The number of thioether (sulfide) groups is 1. The summed E-state index contributed by atoms with van der Waals surface area (Å²) in [5.74, 6) is 0.967. The second-order valence-corrected chi connectivity index (χ2v) is 7.35. The Balaban J connectivity index is 2.07. The first-order chi connectivity index (χ1) is 9.13. The van der Waals surface area contributed by atoms with Crippen molar-refractivity contribution in [2.75, 3.05) is 30.4 Å². The highest BCUT2D eigenvalue weighted by atomic mass is 32.2. The summed E-state index contributed by atoms with van der Waals surface area (Å²) in [5.41, 5.74) is 2.16. The summed E-state index contributed by atoms with van der Waals surface area (Å²) in [7, 11) is -3.37. The van der Waals surface area contributed by atoms with Crippen molar-refractivity contribution in [1.82, 2.24) is 4.72 Å². The van der Waals surface area contributed by atoms with Crippen LogP contribution in [0.3, 0.4) is 0 Å². The fraction of sp³-hybridized carbons (Fsp3) is 0.538. The molecule has 6 heteroatoms. The summed E-state index contributed by atoms with van der Waals surface area (Å²) in [6.45, 7) is 1.41. The van der Waals surface area contributed by atoms with E-state index >= 15 is 0 Å². The third-order valence-corrected chi connectivity index (χ3v) is 5.30. The number of nitrogens with one attached hydrogen (secondary N) is 2. The number of hydrogen-bond donors (Lipinski definition) is 2. The number of aryl methyl sites for hydroxylation is 1. The second-order valence-electron chi connectivity index (χ2n) is 4.59. The van der Waals surface area contributed by atoms with Crippen molar-refractivity contribution < 1.29 is 8.42 Å². The van der Waals surface area contributed by atoms with Crippen molar-refractivity contribution in [3.8, 4) is 0 Å². The summed E-state index contributed by atoms with van der Waals surface area (Å²) >= 11 is 1.72. The third kappa shape index (κ3) is 3.87. The molecule has 0 fully saturated rings. The van der Waals surface area contributed by atoms with Crippen molar-refractivity contribution >= 4 is 27.5 Å². The molecule has 1 heterocycles. The first kappa shape index (κ1) is 14.7. The van der Waals surface area contributed by atoms with Gasteiger partial charge in [0.05, 0.1) is 4.90 Å². The van der Waals surface area contributed by atoms with E-state index in [1.807, 2.05) is 12.3 Å². The van der Waals surface area contributed by atoms with Crippen LogP contribution in [0.15, 0.2) is 23.1 Å². The molecule has 0 bridgehead atoms. The number of benzene rings is 1. The zero-order valence-electron chi connectivity index (χ0n) is 11.1. The van der Waals surface area contributed by atoms with E-state index in [0.717, 1.165) is 37.2 Å². The van der Waals surface area contributed by atoms with E-state index in [4.69, 9.17) is 0 Å². The largest absolute Gasteiger partial charge is 0.385 e. The van der Waals surface area contributed by atoms with Crippen molar-refractivity contribution in [3.63, 3.8) is 0 Å². The van der Waals surface area contributed by atoms with Crippen LogP contribution in [0, 0.1) is 0 Å². The van der Waals surface area contributed by atoms with Gasteiger partial charge in [0, 0.05) is 18.8 Å². The Hall–Kier alpha value is -0.720. The standard InChI is InChI=1S/C13H20N2O2S2/c1-18-9-3-8-15-19(16,17)12-6-5-11-4-2-7-14-13(11)10-12/h5-6,10,14-15H,2-4,7-9H2,1H3. The second kappa shape index (κ2) is 6.63. The topological polar surface area (TPSA) is 58.2 Å². The maximum Gasteiger partial charge on any atom is 0.240 e. The number of hydrogen-bond acceptors (Lipinski definition) is 4. The normalized spacial score (nSPS) is 14.8. The summed E-state index contributed by atoms with van der Waals surface area (Å²) in [6, 6.07) is 5.35. The Morgan fingerprint density at radius 3 is 3.05 bits per heavy atom. The van der Waals surface area contributed by atoms with Crippen LogP contribution in [0.5, 0.6) is 0 Å². The van der Waals surface area contributed by atoms with E-state index in [9.17, 15) is 8.42 Å². The Morgan fingerprint density at radius 1 is 1.42 bits per heavy atom. The number of fused-ring (bicyclic) bond motifs is 1. The van der Waals surface area contributed by atoms with Crippen LogP contribution in [-0.2, 0) is 16.4 Å². The molecule has 0 aliphatic carbocycles. The van der Waals surface area contributed by atoms with Gasteiger partial charge in [-0.1, -0.05) is 6.07 Å². The number of sulfonamides is 1. The highest BCUT2D eigenvalue weighted by Crippen LogP contribution is 2.25. The van der Waals surface area contributed by atoms with Crippen molar-refractivity contribution in [2.45, 2.75) is 24.2 Å². The third-order valence-electron chi connectivity index (χ3n) is 3.15. The predicted molar refractivity (Wildman–Crippen MR) is 81.4 cm³/mol. The summed E-state index contributed by atoms with van der Waals surface area (Å²) < 4.78 is 26.9. The maximum atomic E-state index is 12.1. The molecular weight excluding hydrogens is 280 g/mol. The van der Waals surface area contributed by atoms with Crippen LogP contribution in [0.4, 0.5) is 5.69 Å². The van der Waals surface area contributed by atoms with Gasteiger partial charge in [0.2, 0.25) is 10.0 Å². The minimum atomic E-state index is -3.37. The van der Waals surface area contributed by atoms with E-state index in [2.05, 4.69) is 10.0 Å². The Morgan fingerprint density at radius 2 is 2.26 bits per heavy atom. The van der Waals surface area contributed by atoms with Crippen molar-refractivity contribution in [2.24, 2.45) is 0 Å². The maximum absolute atomic E-state index is 12.1. The van der Waals surface area contributed by atoms with E-state index in [0.29, 0.717) is 11.4 Å². The van der Waals surface area contributed by atoms with Crippen molar-refractivity contribution in [3.05, 3.63) is 23.8 Å². The van der Waals surface area contributed by atoms with Gasteiger partial charge in [0.15, 0.2) is 0 Å².